The average molecular weight is 462 g/mol. The molecule has 1 unspecified atom stereocenters. The summed E-state index contributed by atoms with van der Waals surface area (Å²) in [5.74, 6) is 0.869. The van der Waals surface area contributed by atoms with Crippen LogP contribution >= 0.6 is 0 Å². The van der Waals surface area contributed by atoms with Crippen LogP contribution in [-0.2, 0) is 16.1 Å². The lowest BCUT2D eigenvalue weighted by atomic mass is 9.95. The second kappa shape index (κ2) is 10.1. The molecule has 1 N–H and O–H groups in total. The summed E-state index contributed by atoms with van der Waals surface area (Å²) in [6, 6.07) is 11.6. The minimum absolute atomic E-state index is 0.366. The maximum Gasteiger partial charge on any atom is 0.338 e. The molecule has 1 aromatic heterocycles. The SMILES string of the molecule is CCCCOC(=O)C1=C(C)Nc2nnnn2C1c1ccc(OCc2cc(C)c(C)cc2C)cc1. The summed E-state index contributed by atoms with van der Waals surface area (Å²) >= 11 is 0. The van der Waals surface area contributed by atoms with E-state index in [0.717, 1.165) is 24.2 Å². The van der Waals surface area contributed by atoms with Crippen molar-refractivity contribution in [3.05, 3.63) is 75.5 Å². The molecule has 1 atom stereocenters. The number of esters is 1. The normalized spacial score (nSPS) is 15.0. The Morgan fingerprint density at radius 2 is 1.79 bits per heavy atom. The number of aryl methyl sites for hydroxylation is 3. The van der Waals surface area contributed by atoms with Gasteiger partial charge < -0.3 is 14.8 Å². The predicted molar refractivity (Wildman–Crippen MR) is 130 cm³/mol. The number of aromatic nitrogens is 4. The zero-order valence-electron chi connectivity index (χ0n) is 20.4. The van der Waals surface area contributed by atoms with E-state index in [2.05, 4.69) is 60.7 Å². The van der Waals surface area contributed by atoms with Gasteiger partial charge in [0.1, 0.15) is 18.4 Å². The van der Waals surface area contributed by atoms with Gasteiger partial charge in [-0.15, -0.1) is 0 Å². The van der Waals surface area contributed by atoms with Crippen LogP contribution in [-0.4, -0.2) is 32.8 Å². The Hall–Kier alpha value is -3.68. The van der Waals surface area contributed by atoms with Crippen LogP contribution in [0.5, 0.6) is 5.75 Å². The van der Waals surface area contributed by atoms with Gasteiger partial charge in [-0.2, -0.15) is 4.68 Å². The Morgan fingerprint density at radius 1 is 1.06 bits per heavy atom. The van der Waals surface area contributed by atoms with Crippen LogP contribution in [0.3, 0.4) is 0 Å². The minimum atomic E-state index is -0.489. The van der Waals surface area contributed by atoms with Crippen LogP contribution in [0.2, 0.25) is 0 Å². The average Bonchev–Trinajstić information content (AvgIpc) is 3.28. The molecule has 1 aliphatic rings. The molecule has 3 aromatic rings. The van der Waals surface area contributed by atoms with Crippen molar-refractivity contribution in [2.24, 2.45) is 0 Å². The highest BCUT2D eigenvalue weighted by Crippen LogP contribution is 2.35. The van der Waals surface area contributed by atoms with E-state index >= 15 is 0 Å². The van der Waals surface area contributed by atoms with Gasteiger partial charge in [0, 0.05) is 5.70 Å². The summed E-state index contributed by atoms with van der Waals surface area (Å²) in [5.41, 5.74) is 6.96. The van der Waals surface area contributed by atoms with Crippen LogP contribution in [0.1, 0.15) is 60.5 Å². The van der Waals surface area contributed by atoms with Crippen LogP contribution in [0, 0.1) is 20.8 Å². The number of tetrazole rings is 1. The van der Waals surface area contributed by atoms with Gasteiger partial charge in [-0.3, -0.25) is 0 Å². The third-order valence-corrected chi connectivity index (χ3v) is 6.21. The van der Waals surface area contributed by atoms with E-state index in [0.29, 0.717) is 30.4 Å². The predicted octanol–water partition coefficient (Wildman–Crippen LogP) is 4.81. The lowest BCUT2D eigenvalue weighted by Crippen LogP contribution is -2.29. The first-order valence-corrected chi connectivity index (χ1v) is 11.6. The molecule has 8 heteroatoms. The third kappa shape index (κ3) is 4.81. The first-order chi connectivity index (χ1) is 16.4. The van der Waals surface area contributed by atoms with Gasteiger partial charge in [-0.05, 0) is 84.5 Å². The Labute approximate surface area is 200 Å². The number of carbonyl (C=O) groups excluding carboxylic acids is 1. The van der Waals surface area contributed by atoms with E-state index in [4.69, 9.17) is 9.47 Å². The Kier molecular flexibility index (Phi) is 6.95. The van der Waals surface area contributed by atoms with Crippen LogP contribution in [0.4, 0.5) is 5.95 Å². The van der Waals surface area contributed by atoms with E-state index < -0.39 is 6.04 Å². The number of carbonyl (C=O) groups is 1. The number of hydrogen-bond donors (Lipinski definition) is 1. The summed E-state index contributed by atoms with van der Waals surface area (Å²) in [7, 11) is 0. The maximum atomic E-state index is 13.0. The number of hydrogen-bond acceptors (Lipinski definition) is 7. The number of nitrogens with zero attached hydrogens (tertiary/aromatic N) is 4. The maximum absolute atomic E-state index is 13.0. The Balaban J connectivity index is 1.56. The largest absolute Gasteiger partial charge is 0.489 e. The number of ether oxygens (including phenoxy) is 2. The van der Waals surface area contributed by atoms with E-state index in [9.17, 15) is 4.79 Å². The van der Waals surface area contributed by atoms with Crippen molar-refractivity contribution in [1.29, 1.82) is 0 Å². The lowest BCUT2D eigenvalue weighted by molar-refractivity contribution is -0.139. The molecule has 0 bridgehead atoms. The lowest BCUT2D eigenvalue weighted by Gasteiger charge is -2.27. The zero-order valence-corrected chi connectivity index (χ0v) is 20.4. The van der Waals surface area contributed by atoms with Crippen molar-refractivity contribution in [3.63, 3.8) is 0 Å². The molecule has 0 fully saturated rings. The summed E-state index contributed by atoms with van der Waals surface area (Å²) in [4.78, 5) is 13.0. The fourth-order valence-corrected chi connectivity index (χ4v) is 4.06. The molecule has 178 valence electrons. The summed E-state index contributed by atoms with van der Waals surface area (Å²) < 4.78 is 13.2. The number of rotatable bonds is 8. The molecule has 2 heterocycles. The molecular weight excluding hydrogens is 430 g/mol. The summed E-state index contributed by atoms with van der Waals surface area (Å²) in [6.45, 7) is 11.1. The molecular formula is C26H31N5O3. The van der Waals surface area contributed by atoms with Gasteiger partial charge in [-0.25, -0.2) is 4.79 Å². The highest BCUT2D eigenvalue weighted by atomic mass is 16.5. The van der Waals surface area contributed by atoms with Crippen LogP contribution in [0.25, 0.3) is 0 Å². The number of nitrogens with one attached hydrogen (secondary N) is 1. The van der Waals surface area contributed by atoms with Crippen molar-refractivity contribution in [2.45, 2.75) is 60.1 Å². The van der Waals surface area contributed by atoms with Crippen molar-refractivity contribution >= 4 is 11.9 Å². The molecule has 0 saturated heterocycles. The molecule has 1 aliphatic heterocycles. The van der Waals surface area contributed by atoms with Crippen molar-refractivity contribution in [1.82, 2.24) is 20.2 Å². The standard InChI is InChI=1S/C26H31N5O3/c1-6-7-12-33-25(32)23-19(5)27-26-28-29-30-31(26)24(23)20-8-10-22(11-9-20)34-15-21-14-17(3)16(2)13-18(21)4/h8-11,13-14,24H,6-7,12,15H2,1-5H3,(H,27,28,30). The van der Waals surface area contributed by atoms with E-state index in [1.165, 1.54) is 22.3 Å². The van der Waals surface area contributed by atoms with E-state index in [-0.39, 0.29) is 5.97 Å². The van der Waals surface area contributed by atoms with Gasteiger partial charge in [-0.1, -0.05) is 42.7 Å². The number of unbranched alkanes of at least 4 members (excludes halogenated alkanes) is 1. The molecule has 0 saturated carbocycles. The topological polar surface area (TPSA) is 91.2 Å². The number of benzene rings is 2. The second-order valence-electron chi connectivity index (χ2n) is 8.72. The van der Waals surface area contributed by atoms with Crippen molar-refractivity contribution in [3.8, 4) is 5.75 Å². The second-order valence-corrected chi connectivity index (χ2v) is 8.72. The molecule has 0 radical (unpaired) electrons. The highest BCUT2D eigenvalue weighted by Gasteiger charge is 2.34. The third-order valence-electron chi connectivity index (χ3n) is 6.21. The number of anilines is 1. The van der Waals surface area contributed by atoms with Crippen LogP contribution < -0.4 is 10.1 Å². The van der Waals surface area contributed by atoms with Gasteiger partial charge in [0.15, 0.2) is 0 Å². The summed E-state index contributed by atoms with van der Waals surface area (Å²) in [5, 5.41) is 15.0. The molecule has 0 spiro atoms. The molecule has 0 amide bonds. The quantitative estimate of drug-likeness (QED) is 0.380. The fraction of sp³-hybridized carbons (Fsp3) is 0.385. The summed E-state index contributed by atoms with van der Waals surface area (Å²) in [6.07, 6.45) is 1.77. The minimum Gasteiger partial charge on any atom is -0.489 e. The fourth-order valence-electron chi connectivity index (χ4n) is 4.06. The molecule has 8 nitrogen and oxygen atoms in total. The van der Waals surface area contributed by atoms with Gasteiger partial charge >= 0.3 is 5.97 Å². The van der Waals surface area contributed by atoms with Gasteiger partial charge in [0.25, 0.3) is 0 Å². The van der Waals surface area contributed by atoms with Crippen LogP contribution in [0.15, 0.2) is 47.7 Å². The molecule has 4 rings (SSSR count). The first kappa shape index (κ1) is 23.5. The number of fused-ring (bicyclic) bond motifs is 1. The zero-order chi connectivity index (χ0) is 24.2. The molecule has 2 aromatic carbocycles. The van der Waals surface area contributed by atoms with Crippen molar-refractivity contribution in [2.75, 3.05) is 11.9 Å². The first-order valence-electron chi connectivity index (χ1n) is 11.6. The van der Waals surface area contributed by atoms with E-state index in [1.807, 2.05) is 31.2 Å². The van der Waals surface area contributed by atoms with Gasteiger partial charge in [0.2, 0.25) is 5.95 Å². The highest BCUT2D eigenvalue weighted by molar-refractivity contribution is 5.92. The Morgan fingerprint density at radius 3 is 2.53 bits per heavy atom. The van der Waals surface area contributed by atoms with Crippen molar-refractivity contribution < 1.29 is 14.3 Å². The molecule has 0 aliphatic carbocycles. The monoisotopic (exact) mass is 461 g/mol. The van der Waals surface area contributed by atoms with Gasteiger partial charge in [0.05, 0.1) is 12.2 Å². The number of allylic oxidation sites excluding steroid dienone is 1. The van der Waals surface area contributed by atoms with E-state index in [1.54, 1.807) is 4.68 Å². The smallest absolute Gasteiger partial charge is 0.338 e. The molecule has 34 heavy (non-hydrogen) atoms. The Bertz CT molecular complexity index is 1210.